The maximum Gasteiger partial charge on any atom is 0.210 e. The molecule has 0 aliphatic heterocycles. The van der Waals surface area contributed by atoms with Gasteiger partial charge in [-0.05, 0) is 31.2 Å². The zero-order valence-electron chi connectivity index (χ0n) is 16.9. The molecule has 0 fully saturated rings. The van der Waals surface area contributed by atoms with E-state index in [4.69, 9.17) is 4.74 Å². The van der Waals surface area contributed by atoms with Crippen molar-refractivity contribution in [2.24, 2.45) is 0 Å². The number of H-pyrrole nitrogens is 2. The van der Waals surface area contributed by atoms with Crippen molar-refractivity contribution in [2.75, 3.05) is 0 Å². The summed E-state index contributed by atoms with van der Waals surface area (Å²) < 4.78 is 35.0. The van der Waals surface area contributed by atoms with Crippen LogP contribution in [0.2, 0.25) is 0 Å². The monoisotopic (exact) mass is 429 g/mol. The average Bonchev–Trinajstić information content (AvgIpc) is 3.48. The Bertz CT molecular complexity index is 1460. The van der Waals surface area contributed by atoms with Gasteiger partial charge < -0.3 is 14.7 Å². The van der Waals surface area contributed by atoms with E-state index in [1.54, 1.807) is 37.4 Å². The van der Waals surface area contributed by atoms with Gasteiger partial charge in [0.05, 0.1) is 11.8 Å². The Morgan fingerprint density at radius 3 is 2.62 bits per heavy atom. The van der Waals surface area contributed by atoms with Gasteiger partial charge in [-0.15, -0.1) is 0 Å². The highest BCUT2D eigenvalue weighted by Crippen LogP contribution is 2.35. The lowest BCUT2D eigenvalue weighted by Crippen LogP contribution is -2.01. The summed E-state index contributed by atoms with van der Waals surface area (Å²) in [5.74, 6) is -0.861. The number of ether oxygens (including phenoxy) is 1. The van der Waals surface area contributed by atoms with Crippen LogP contribution in [0.25, 0.3) is 22.3 Å². The fourth-order valence-corrected chi connectivity index (χ4v) is 3.63. The molecule has 2 heterocycles. The van der Waals surface area contributed by atoms with Crippen molar-refractivity contribution in [3.05, 3.63) is 102 Å². The fourth-order valence-electron chi connectivity index (χ4n) is 3.63. The second kappa shape index (κ2) is 7.77. The van der Waals surface area contributed by atoms with Crippen LogP contribution in [0.3, 0.4) is 0 Å². The van der Waals surface area contributed by atoms with Gasteiger partial charge in [-0.25, -0.2) is 13.8 Å². The molecular formula is C25H17F2N3O2. The number of halogens is 2. The maximum absolute atomic E-state index is 14.6. The first-order valence-electron chi connectivity index (χ1n) is 9.90. The van der Waals surface area contributed by atoms with Crippen molar-refractivity contribution in [1.29, 1.82) is 0 Å². The van der Waals surface area contributed by atoms with Gasteiger partial charge in [0.25, 0.3) is 0 Å². The number of ketones is 1. The van der Waals surface area contributed by atoms with Gasteiger partial charge in [-0.3, -0.25) is 4.79 Å². The Hall–Kier alpha value is -4.26. The zero-order valence-corrected chi connectivity index (χ0v) is 16.9. The second-order valence-electron chi connectivity index (χ2n) is 7.34. The van der Waals surface area contributed by atoms with E-state index in [0.29, 0.717) is 16.6 Å². The number of hydrogen-bond acceptors (Lipinski definition) is 3. The molecule has 32 heavy (non-hydrogen) atoms. The van der Waals surface area contributed by atoms with Crippen LogP contribution in [-0.2, 0) is 0 Å². The highest BCUT2D eigenvalue weighted by Gasteiger charge is 2.18. The summed E-state index contributed by atoms with van der Waals surface area (Å²) >= 11 is 0. The van der Waals surface area contributed by atoms with Crippen molar-refractivity contribution < 1.29 is 18.3 Å². The number of fused-ring (bicyclic) bond motifs is 1. The van der Waals surface area contributed by atoms with Crippen LogP contribution in [0.1, 0.15) is 21.6 Å². The standard InChI is InChI=1S/C25H17F2N3O2/c1-14-17-9-10-28-21(17)12-20(27)24(14)32-16-7-8-19(26)18(11-16)25-29-13-22(30-25)23(31)15-5-3-2-4-6-15/h2-13,28H,1H3,(H,29,30). The molecule has 0 bridgehead atoms. The predicted octanol–water partition coefficient (Wildman–Crippen LogP) is 6.17. The number of rotatable bonds is 5. The molecule has 2 aromatic heterocycles. The number of nitrogens with zero attached hydrogens (tertiary/aromatic N) is 1. The Labute approximate surface area is 181 Å². The second-order valence-corrected chi connectivity index (χ2v) is 7.34. The van der Waals surface area contributed by atoms with Crippen LogP contribution in [0, 0.1) is 18.6 Å². The van der Waals surface area contributed by atoms with Crippen molar-refractivity contribution in [3.63, 3.8) is 0 Å². The first-order chi connectivity index (χ1) is 15.5. The molecule has 7 heteroatoms. The smallest absolute Gasteiger partial charge is 0.210 e. The van der Waals surface area contributed by atoms with Gasteiger partial charge in [-0.1, -0.05) is 30.3 Å². The number of aryl methyl sites for hydroxylation is 1. The molecule has 0 spiro atoms. The number of aromatic nitrogens is 3. The molecular weight excluding hydrogens is 412 g/mol. The van der Waals surface area contributed by atoms with Crippen molar-refractivity contribution in [3.8, 4) is 22.9 Å². The molecule has 3 aromatic carbocycles. The van der Waals surface area contributed by atoms with E-state index in [1.807, 2.05) is 12.1 Å². The average molecular weight is 429 g/mol. The minimum atomic E-state index is -0.552. The maximum atomic E-state index is 14.6. The Kier molecular flexibility index (Phi) is 4.78. The molecule has 0 aliphatic carbocycles. The van der Waals surface area contributed by atoms with Crippen molar-refractivity contribution in [2.45, 2.75) is 6.92 Å². The van der Waals surface area contributed by atoms with Crippen molar-refractivity contribution >= 4 is 16.7 Å². The first kappa shape index (κ1) is 19.7. The predicted molar refractivity (Wildman–Crippen MR) is 117 cm³/mol. The van der Waals surface area contributed by atoms with Crippen LogP contribution in [0.5, 0.6) is 11.5 Å². The van der Waals surface area contributed by atoms with Gasteiger partial charge in [0, 0.05) is 34.3 Å². The number of carbonyl (C=O) groups is 1. The molecule has 0 radical (unpaired) electrons. The van der Waals surface area contributed by atoms with E-state index in [2.05, 4.69) is 15.0 Å². The minimum absolute atomic E-state index is 0.0639. The number of hydrogen-bond donors (Lipinski definition) is 2. The normalized spacial score (nSPS) is 11.1. The van der Waals surface area contributed by atoms with Crippen LogP contribution in [-0.4, -0.2) is 20.7 Å². The van der Waals surface area contributed by atoms with Crippen LogP contribution < -0.4 is 4.74 Å². The molecule has 5 aromatic rings. The molecule has 0 saturated heterocycles. The highest BCUT2D eigenvalue weighted by molar-refractivity contribution is 6.07. The van der Waals surface area contributed by atoms with Gasteiger partial charge in [0.2, 0.25) is 5.78 Å². The molecule has 2 N–H and O–H groups in total. The summed E-state index contributed by atoms with van der Waals surface area (Å²) in [6.07, 6.45) is 3.09. The van der Waals surface area contributed by atoms with Gasteiger partial charge in [0.15, 0.2) is 11.6 Å². The number of aromatic amines is 2. The quantitative estimate of drug-likeness (QED) is 0.328. The topological polar surface area (TPSA) is 70.8 Å². The Morgan fingerprint density at radius 2 is 1.81 bits per heavy atom. The first-order valence-corrected chi connectivity index (χ1v) is 9.90. The van der Waals surface area contributed by atoms with Crippen LogP contribution in [0.15, 0.2) is 73.1 Å². The van der Waals surface area contributed by atoms with Gasteiger partial charge in [-0.2, -0.15) is 0 Å². The molecule has 0 unspecified atom stereocenters. The third-order valence-electron chi connectivity index (χ3n) is 5.28. The minimum Gasteiger partial charge on any atom is -0.454 e. The molecule has 5 rings (SSSR count). The summed E-state index contributed by atoms with van der Waals surface area (Å²) in [5.41, 5.74) is 2.12. The Balaban J connectivity index is 1.48. The van der Waals surface area contributed by atoms with Crippen molar-refractivity contribution in [1.82, 2.24) is 15.0 Å². The van der Waals surface area contributed by atoms with E-state index in [0.717, 1.165) is 5.39 Å². The number of carbonyl (C=O) groups excluding carboxylic acids is 1. The summed E-state index contributed by atoms with van der Waals surface area (Å²) in [4.78, 5) is 22.6. The highest BCUT2D eigenvalue weighted by atomic mass is 19.1. The lowest BCUT2D eigenvalue weighted by Gasteiger charge is -2.12. The summed E-state index contributed by atoms with van der Waals surface area (Å²) in [5, 5.41) is 0.832. The van der Waals surface area contributed by atoms with E-state index in [-0.39, 0.29) is 34.4 Å². The van der Waals surface area contributed by atoms with E-state index < -0.39 is 11.6 Å². The molecule has 158 valence electrons. The molecule has 5 nitrogen and oxygen atoms in total. The third-order valence-corrected chi connectivity index (χ3v) is 5.28. The van der Waals surface area contributed by atoms with Crippen LogP contribution >= 0.6 is 0 Å². The van der Waals surface area contributed by atoms with E-state index >= 15 is 0 Å². The molecule has 0 atom stereocenters. The fraction of sp³-hybridized carbons (Fsp3) is 0.0400. The van der Waals surface area contributed by atoms with Gasteiger partial charge in [0.1, 0.15) is 23.1 Å². The SMILES string of the molecule is Cc1c(Oc2ccc(F)c(-c3ncc(C(=O)c4ccccc4)[nH]3)c2)c(F)cc2[nH]ccc12. The Morgan fingerprint density at radius 1 is 1.00 bits per heavy atom. The number of nitrogens with one attached hydrogen (secondary N) is 2. The summed E-state index contributed by atoms with van der Waals surface area (Å²) in [6.45, 7) is 1.76. The number of benzene rings is 3. The summed E-state index contributed by atoms with van der Waals surface area (Å²) in [7, 11) is 0. The van der Waals surface area contributed by atoms with E-state index in [9.17, 15) is 13.6 Å². The lowest BCUT2D eigenvalue weighted by atomic mass is 10.1. The zero-order chi connectivity index (χ0) is 22.2. The lowest BCUT2D eigenvalue weighted by molar-refractivity contribution is 0.103. The molecule has 0 amide bonds. The molecule has 0 aliphatic rings. The third kappa shape index (κ3) is 3.43. The largest absolute Gasteiger partial charge is 0.454 e. The van der Waals surface area contributed by atoms with E-state index in [1.165, 1.54) is 30.5 Å². The number of imidazole rings is 1. The molecule has 0 saturated carbocycles. The summed E-state index contributed by atoms with van der Waals surface area (Å²) in [6, 6.07) is 16.0. The van der Waals surface area contributed by atoms with Crippen LogP contribution in [0.4, 0.5) is 8.78 Å². The van der Waals surface area contributed by atoms with Gasteiger partial charge >= 0.3 is 0 Å².